The molecule has 1 atom stereocenters. The summed E-state index contributed by atoms with van der Waals surface area (Å²) in [6.07, 6.45) is -4.77. The molecule has 0 fully saturated rings. The lowest BCUT2D eigenvalue weighted by Gasteiger charge is -2.25. The van der Waals surface area contributed by atoms with E-state index in [-0.39, 0.29) is 23.1 Å². The van der Waals surface area contributed by atoms with Crippen molar-refractivity contribution in [2.45, 2.75) is 35.4 Å². The molecule has 0 saturated heterocycles. The molecule has 1 aliphatic rings. The SMILES string of the molecule is CC1Cc2cc(S(N)(=O)=O)ccc2N1S(=O)(=O)c1cc(C(F)(F)F)ccc1F. The summed E-state index contributed by atoms with van der Waals surface area (Å²) in [5.41, 5.74) is -0.934. The molecule has 152 valence electrons. The summed E-state index contributed by atoms with van der Waals surface area (Å²) in [7, 11) is -8.71. The number of fused-ring (bicyclic) bond motifs is 1. The molecule has 2 aromatic rings. The van der Waals surface area contributed by atoms with Gasteiger partial charge in [-0.2, -0.15) is 13.2 Å². The third kappa shape index (κ3) is 3.47. The number of primary sulfonamides is 1. The maximum atomic E-state index is 14.2. The number of sulfonamides is 2. The van der Waals surface area contributed by atoms with Gasteiger partial charge >= 0.3 is 6.18 Å². The molecule has 0 aliphatic carbocycles. The molecule has 1 heterocycles. The number of hydrogen-bond acceptors (Lipinski definition) is 4. The van der Waals surface area contributed by atoms with Crippen molar-refractivity contribution in [2.24, 2.45) is 5.14 Å². The summed E-state index contributed by atoms with van der Waals surface area (Å²) >= 11 is 0. The molecule has 2 N–H and O–H groups in total. The van der Waals surface area contributed by atoms with Gasteiger partial charge in [-0.15, -0.1) is 0 Å². The Kier molecular flexibility index (Phi) is 4.72. The normalized spacial score (nSPS) is 17.6. The Morgan fingerprint density at radius 1 is 1.07 bits per heavy atom. The fourth-order valence-electron chi connectivity index (χ4n) is 3.11. The maximum absolute atomic E-state index is 14.2. The summed E-state index contributed by atoms with van der Waals surface area (Å²) < 4.78 is 103. The van der Waals surface area contributed by atoms with Crippen molar-refractivity contribution in [2.75, 3.05) is 4.31 Å². The Hall–Kier alpha value is -2.18. The van der Waals surface area contributed by atoms with Gasteiger partial charge in [-0.05, 0) is 55.3 Å². The van der Waals surface area contributed by atoms with Crippen LogP contribution in [0.2, 0.25) is 0 Å². The van der Waals surface area contributed by atoms with Crippen LogP contribution in [0.25, 0.3) is 0 Å². The predicted octanol–water partition coefficient (Wildman–Crippen LogP) is 2.63. The van der Waals surface area contributed by atoms with E-state index >= 15 is 0 Å². The molecule has 0 amide bonds. The number of alkyl halides is 3. The minimum absolute atomic E-state index is 0.0525. The van der Waals surface area contributed by atoms with Crippen LogP contribution in [-0.2, 0) is 32.6 Å². The van der Waals surface area contributed by atoms with Gasteiger partial charge < -0.3 is 0 Å². The second-order valence-electron chi connectivity index (χ2n) is 6.33. The quantitative estimate of drug-likeness (QED) is 0.745. The van der Waals surface area contributed by atoms with Gasteiger partial charge in [-0.3, -0.25) is 4.31 Å². The third-order valence-corrected chi connectivity index (χ3v) is 7.18. The molecule has 0 radical (unpaired) electrons. The molecule has 1 unspecified atom stereocenters. The van der Waals surface area contributed by atoms with Gasteiger partial charge in [0.05, 0.1) is 16.1 Å². The molecule has 28 heavy (non-hydrogen) atoms. The largest absolute Gasteiger partial charge is 0.416 e. The van der Waals surface area contributed by atoms with Crippen molar-refractivity contribution in [3.8, 4) is 0 Å². The number of halogens is 4. The van der Waals surface area contributed by atoms with Gasteiger partial charge in [-0.25, -0.2) is 26.4 Å². The summed E-state index contributed by atoms with van der Waals surface area (Å²) in [4.78, 5) is -1.35. The van der Waals surface area contributed by atoms with Crippen LogP contribution < -0.4 is 9.44 Å². The van der Waals surface area contributed by atoms with Gasteiger partial charge in [0.25, 0.3) is 10.0 Å². The van der Waals surface area contributed by atoms with Crippen molar-refractivity contribution in [1.82, 2.24) is 0 Å². The van der Waals surface area contributed by atoms with Gasteiger partial charge in [0, 0.05) is 6.04 Å². The molecular formula is C16H14F4N2O4S2. The number of nitrogens with zero attached hydrogens (tertiary/aromatic N) is 1. The van der Waals surface area contributed by atoms with Crippen LogP contribution in [0.5, 0.6) is 0 Å². The standard InChI is InChI=1S/C16H14F4N2O4S2/c1-9-6-10-7-12(27(21,23)24)3-5-14(10)22(9)28(25,26)15-8-11(16(18,19)20)2-4-13(15)17/h2-5,7-9H,6H2,1H3,(H2,21,23,24). The predicted molar refractivity (Wildman–Crippen MR) is 92.0 cm³/mol. The average Bonchev–Trinajstić information content (AvgIpc) is 2.88. The highest BCUT2D eigenvalue weighted by Crippen LogP contribution is 2.39. The Labute approximate surface area is 158 Å². The molecule has 12 heteroatoms. The van der Waals surface area contributed by atoms with E-state index in [1.54, 1.807) is 0 Å². The van der Waals surface area contributed by atoms with E-state index in [0.29, 0.717) is 17.7 Å². The smallest absolute Gasteiger partial charge is 0.263 e. The summed E-state index contributed by atoms with van der Waals surface area (Å²) in [6, 6.07) is 3.83. The topological polar surface area (TPSA) is 97.5 Å². The van der Waals surface area contributed by atoms with E-state index in [4.69, 9.17) is 5.14 Å². The van der Waals surface area contributed by atoms with Gasteiger partial charge in [0.2, 0.25) is 10.0 Å². The third-order valence-electron chi connectivity index (χ3n) is 4.33. The summed E-state index contributed by atoms with van der Waals surface area (Å²) in [5.74, 6) is -1.32. The highest BCUT2D eigenvalue weighted by atomic mass is 32.2. The molecule has 0 bridgehead atoms. The molecule has 0 aromatic heterocycles. The highest BCUT2D eigenvalue weighted by molar-refractivity contribution is 7.93. The van der Waals surface area contributed by atoms with Crippen LogP contribution in [0.4, 0.5) is 23.2 Å². The lowest BCUT2D eigenvalue weighted by Crippen LogP contribution is -2.36. The van der Waals surface area contributed by atoms with E-state index in [9.17, 15) is 34.4 Å². The molecule has 3 rings (SSSR count). The van der Waals surface area contributed by atoms with Crippen LogP contribution >= 0.6 is 0 Å². The number of rotatable bonds is 3. The van der Waals surface area contributed by atoms with Crippen molar-refractivity contribution in [3.63, 3.8) is 0 Å². The minimum atomic E-state index is -4.85. The fraction of sp³-hybridized carbons (Fsp3) is 0.250. The van der Waals surface area contributed by atoms with Gasteiger partial charge in [0.1, 0.15) is 10.7 Å². The Balaban J connectivity index is 2.15. The van der Waals surface area contributed by atoms with E-state index in [2.05, 4.69) is 0 Å². The van der Waals surface area contributed by atoms with Crippen molar-refractivity contribution >= 4 is 25.7 Å². The van der Waals surface area contributed by atoms with Crippen molar-refractivity contribution in [3.05, 3.63) is 53.3 Å². The van der Waals surface area contributed by atoms with E-state index < -0.39 is 48.5 Å². The van der Waals surface area contributed by atoms with Gasteiger partial charge in [-0.1, -0.05) is 0 Å². The monoisotopic (exact) mass is 438 g/mol. The molecular weight excluding hydrogens is 424 g/mol. The molecule has 1 aliphatic heterocycles. The zero-order valence-corrected chi connectivity index (χ0v) is 15.9. The lowest BCUT2D eigenvalue weighted by molar-refractivity contribution is -0.137. The molecule has 6 nitrogen and oxygen atoms in total. The lowest BCUT2D eigenvalue weighted by atomic mass is 10.1. The number of anilines is 1. The molecule has 2 aromatic carbocycles. The Morgan fingerprint density at radius 2 is 1.71 bits per heavy atom. The van der Waals surface area contributed by atoms with E-state index in [1.807, 2.05) is 0 Å². The van der Waals surface area contributed by atoms with Gasteiger partial charge in [0.15, 0.2) is 0 Å². The van der Waals surface area contributed by atoms with Crippen LogP contribution in [0.3, 0.4) is 0 Å². The number of hydrogen-bond donors (Lipinski definition) is 1. The minimum Gasteiger partial charge on any atom is -0.263 e. The molecule has 0 spiro atoms. The van der Waals surface area contributed by atoms with Crippen LogP contribution in [0.1, 0.15) is 18.1 Å². The summed E-state index contributed by atoms with van der Waals surface area (Å²) in [5, 5.41) is 5.06. The van der Waals surface area contributed by atoms with Crippen LogP contribution in [0, 0.1) is 5.82 Å². The highest BCUT2D eigenvalue weighted by Gasteiger charge is 2.40. The average molecular weight is 438 g/mol. The zero-order valence-electron chi connectivity index (χ0n) is 14.2. The van der Waals surface area contributed by atoms with Crippen LogP contribution in [-0.4, -0.2) is 22.9 Å². The fourth-order valence-corrected chi connectivity index (χ4v) is 5.46. The van der Waals surface area contributed by atoms with Crippen molar-refractivity contribution < 1.29 is 34.4 Å². The van der Waals surface area contributed by atoms with E-state index in [1.165, 1.54) is 19.1 Å². The first-order chi connectivity index (χ1) is 12.7. The Bertz CT molecular complexity index is 1160. The zero-order chi connectivity index (χ0) is 21.1. The molecule has 0 saturated carbocycles. The first-order valence-electron chi connectivity index (χ1n) is 7.80. The van der Waals surface area contributed by atoms with Crippen LogP contribution in [0.15, 0.2) is 46.2 Å². The summed E-state index contributed by atoms with van der Waals surface area (Å²) in [6.45, 7) is 1.47. The second kappa shape index (κ2) is 6.42. The number of nitrogens with two attached hydrogens (primary N) is 1. The van der Waals surface area contributed by atoms with E-state index in [0.717, 1.165) is 10.4 Å². The first-order valence-corrected chi connectivity index (χ1v) is 10.8. The maximum Gasteiger partial charge on any atom is 0.416 e. The first kappa shape index (κ1) is 20.6. The number of benzene rings is 2. The Morgan fingerprint density at radius 3 is 2.29 bits per heavy atom. The second-order valence-corrected chi connectivity index (χ2v) is 9.68. The van der Waals surface area contributed by atoms with Crippen molar-refractivity contribution in [1.29, 1.82) is 0 Å².